The smallest absolute Gasteiger partial charge is 0.412 e. The first-order valence-electron chi connectivity index (χ1n) is 19.1. The van der Waals surface area contributed by atoms with Crippen LogP contribution in [0.1, 0.15) is 82.6 Å². The number of alkyl halides is 1. The molecule has 13 nitrogen and oxygen atoms in total. The number of nitrogens with zero attached hydrogens (tertiary/aromatic N) is 2. The Bertz CT molecular complexity index is 1450. The number of fused-ring (bicyclic) bond motifs is 2. The Hall–Kier alpha value is -3.36. The monoisotopic (exact) mass is 761 g/mol. The first-order valence-corrected chi connectivity index (χ1v) is 19.6. The molecule has 14 heteroatoms. The van der Waals surface area contributed by atoms with Crippen molar-refractivity contribution >= 4 is 29.5 Å². The molecule has 2 aliphatic heterocycles. The van der Waals surface area contributed by atoms with Crippen molar-refractivity contribution < 1.29 is 48.3 Å². The van der Waals surface area contributed by atoms with Gasteiger partial charge in [-0.2, -0.15) is 0 Å². The van der Waals surface area contributed by atoms with Gasteiger partial charge in [-0.15, -0.1) is 18.2 Å². The molecule has 4 aliphatic rings. The number of oxime groups is 1. The number of hydrogen-bond donors (Lipinski definition) is 3. The summed E-state index contributed by atoms with van der Waals surface area (Å²) in [5.41, 5.74) is 2.38. The lowest BCUT2D eigenvalue weighted by Gasteiger charge is -2.59. The molecule has 7 unspecified atom stereocenters. The Labute approximate surface area is 317 Å². The van der Waals surface area contributed by atoms with Gasteiger partial charge in [0.15, 0.2) is 0 Å². The molecule has 2 amide bonds. The number of halogens is 1. The lowest BCUT2D eigenvalue weighted by atomic mass is 9.55. The van der Waals surface area contributed by atoms with Crippen LogP contribution in [0, 0.1) is 17.8 Å². The lowest BCUT2D eigenvalue weighted by Crippen LogP contribution is -2.69. The van der Waals surface area contributed by atoms with E-state index in [1.165, 1.54) is 4.90 Å². The van der Waals surface area contributed by atoms with Gasteiger partial charge in [0, 0.05) is 51.1 Å². The number of carbonyl (C=O) groups excluding carboxylic acids is 2. The summed E-state index contributed by atoms with van der Waals surface area (Å²) in [4.78, 5) is 33.8. The first kappa shape index (κ1) is 40.8. The first-order chi connectivity index (χ1) is 25.8. The maximum absolute atomic E-state index is 13.6. The van der Waals surface area contributed by atoms with Crippen LogP contribution in [-0.4, -0.2) is 104 Å². The highest BCUT2D eigenvalue weighted by molar-refractivity contribution is 6.18. The molecule has 7 atom stereocenters. The molecular formula is C39H56ClN3O10. The van der Waals surface area contributed by atoms with Crippen LogP contribution < -0.4 is 14.8 Å². The van der Waals surface area contributed by atoms with Crippen LogP contribution in [0.25, 0.3) is 0 Å². The number of unbranched alkanes of at least 4 members (excludes halogenated alkanes) is 2. The van der Waals surface area contributed by atoms with Gasteiger partial charge in [-0.05, 0) is 81.1 Å². The highest BCUT2D eigenvalue weighted by Gasteiger charge is 2.65. The van der Waals surface area contributed by atoms with Crippen LogP contribution in [0.15, 0.2) is 47.7 Å². The van der Waals surface area contributed by atoms with E-state index in [1.54, 1.807) is 25.3 Å². The molecule has 2 aliphatic carbocycles. The molecule has 2 fully saturated rings. The van der Waals surface area contributed by atoms with Crippen molar-refractivity contribution in [3.05, 3.63) is 48.1 Å². The van der Waals surface area contributed by atoms with Crippen molar-refractivity contribution in [1.29, 1.82) is 0 Å². The molecule has 0 radical (unpaired) electrons. The fourth-order valence-corrected chi connectivity index (χ4v) is 8.43. The number of amides is 2. The zero-order valence-electron chi connectivity index (χ0n) is 31.0. The Morgan fingerprint density at radius 2 is 1.96 bits per heavy atom. The number of rotatable bonds is 18. The van der Waals surface area contributed by atoms with Crippen molar-refractivity contribution in [1.82, 2.24) is 10.2 Å². The topological polar surface area (TPSA) is 158 Å². The summed E-state index contributed by atoms with van der Waals surface area (Å²) in [6, 6.07) is 4.60. The van der Waals surface area contributed by atoms with Gasteiger partial charge >= 0.3 is 12.2 Å². The second kappa shape index (κ2) is 19.8. The fourth-order valence-electron chi connectivity index (χ4n) is 8.35. The summed E-state index contributed by atoms with van der Waals surface area (Å²) in [6.07, 6.45) is 9.58. The van der Waals surface area contributed by atoms with Crippen molar-refractivity contribution in [3.8, 4) is 11.5 Å². The van der Waals surface area contributed by atoms with Crippen molar-refractivity contribution in [2.75, 3.05) is 52.5 Å². The number of allylic oxidation sites excluding steroid dienone is 1. The molecule has 0 bridgehead atoms. The van der Waals surface area contributed by atoms with Crippen LogP contribution in [0.4, 0.5) is 9.59 Å². The molecule has 1 aromatic carbocycles. The third kappa shape index (κ3) is 9.48. The summed E-state index contributed by atoms with van der Waals surface area (Å²) in [7, 11) is 1.66. The third-order valence-electron chi connectivity index (χ3n) is 10.7. The van der Waals surface area contributed by atoms with Crippen molar-refractivity contribution in [3.63, 3.8) is 0 Å². The van der Waals surface area contributed by atoms with Gasteiger partial charge in [0.2, 0.25) is 12.1 Å². The molecular weight excluding hydrogens is 706 g/mol. The van der Waals surface area contributed by atoms with Crippen LogP contribution >= 0.6 is 11.6 Å². The predicted octanol–water partition coefficient (Wildman–Crippen LogP) is 6.26. The molecule has 0 spiro atoms. The van der Waals surface area contributed by atoms with E-state index in [0.717, 1.165) is 49.7 Å². The Morgan fingerprint density at radius 1 is 1.17 bits per heavy atom. The molecule has 53 heavy (non-hydrogen) atoms. The molecule has 1 saturated carbocycles. The Kier molecular flexibility index (Phi) is 15.3. The minimum Gasteiger partial charge on any atom is -0.459 e. The zero-order chi connectivity index (χ0) is 37.8. The predicted molar refractivity (Wildman–Crippen MR) is 199 cm³/mol. The fraction of sp³-hybridized carbons (Fsp3) is 0.667. The normalized spacial score (nSPS) is 28.1. The van der Waals surface area contributed by atoms with Crippen LogP contribution in [0.2, 0.25) is 0 Å². The van der Waals surface area contributed by atoms with Gasteiger partial charge in [-0.3, -0.25) is 0 Å². The summed E-state index contributed by atoms with van der Waals surface area (Å²) >= 11 is 5.91. The molecule has 0 aromatic heterocycles. The molecule has 3 N–H and O–H groups in total. The third-order valence-corrected chi connectivity index (χ3v) is 10.8. The van der Waals surface area contributed by atoms with Crippen molar-refractivity contribution in [2.24, 2.45) is 22.9 Å². The quantitative estimate of drug-likeness (QED) is 0.0675. The van der Waals surface area contributed by atoms with Crippen LogP contribution in [0.5, 0.6) is 11.5 Å². The van der Waals surface area contributed by atoms with E-state index < -0.39 is 36.2 Å². The van der Waals surface area contributed by atoms with Crippen molar-refractivity contribution in [2.45, 2.75) is 95.2 Å². The molecule has 1 saturated heterocycles. The summed E-state index contributed by atoms with van der Waals surface area (Å²) in [5, 5.41) is 27.0. The number of ether oxygens (including phenoxy) is 5. The van der Waals surface area contributed by atoms with Gasteiger partial charge in [0.25, 0.3) is 0 Å². The summed E-state index contributed by atoms with van der Waals surface area (Å²) in [5.74, 6) is -1.11. The van der Waals surface area contributed by atoms with Gasteiger partial charge in [0.1, 0.15) is 24.1 Å². The van der Waals surface area contributed by atoms with Crippen LogP contribution in [0.3, 0.4) is 0 Å². The zero-order valence-corrected chi connectivity index (χ0v) is 31.8. The highest BCUT2D eigenvalue weighted by atomic mass is 35.5. The molecule has 1 aromatic rings. The SMILES string of the molecule is C=CCOC12Oc3ccc(OC(=O)NCC)cc3C3C(CCCCO)C(CCCCO)C=C(C(=NOC4CCCCO4)CC1N(C)C(=O)OCCCl)C32. The van der Waals surface area contributed by atoms with E-state index in [4.69, 9.17) is 45.3 Å². The minimum atomic E-state index is -1.43. The second-order valence-corrected chi connectivity index (χ2v) is 14.4. The Balaban J connectivity index is 1.73. The van der Waals surface area contributed by atoms with E-state index >= 15 is 0 Å². The number of benzene rings is 1. The Morgan fingerprint density at radius 3 is 2.66 bits per heavy atom. The maximum Gasteiger partial charge on any atom is 0.412 e. The highest BCUT2D eigenvalue weighted by Crippen LogP contribution is 2.61. The number of likely N-dealkylation sites (N-methyl/N-ethyl adjacent to an activating group) is 1. The number of aliphatic hydroxyl groups is 2. The van der Waals surface area contributed by atoms with Gasteiger partial charge in [-0.25, -0.2) is 9.59 Å². The van der Waals surface area contributed by atoms with Gasteiger partial charge in [0.05, 0.1) is 30.7 Å². The number of aliphatic hydroxyl groups excluding tert-OH is 2. The summed E-state index contributed by atoms with van der Waals surface area (Å²) < 4.78 is 31.0. The average molecular weight is 762 g/mol. The maximum atomic E-state index is 13.6. The largest absolute Gasteiger partial charge is 0.459 e. The minimum absolute atomic E-state index is 0.0131. The second-order valence-electron chi connectivity index (χ2n) is 14.0. The molecule has 2 heterocycles. The number of nitrogens with one attached hydrogen (secondary N) is 1. The van der Waals surface area contributed by atoms with E-state index in [1.807, 2.05) is 13.0 Å². The van der Waals surface area contributed by atoms with E-state index in [2.05, 4.69) is 18.0 Å². The molecule has 5 rings (SSSR count). The van der Waals surface area contributed by atoms with Gasteiger partial charge in [-0.1, -0.05) is 30.1 Å². The average Bonchev–Trinajstić information content (AvgIpc) is 3.17. The van der Waals surface area contributed by atoms with Crippen LogP contribution in [-0.2, 0) is 19.0 Å². The van der Waals surface area contributed by atoms with E-state index in [9.17, 15) is 19.8 Å². The molecule has 294 valence electrons. The number of hydrogen-bond acceptors (Lipinski definition) is 11. The standard InChI is InChI=1S/C39H56ClN3O10/c1-4-20-50-39-33(43(3)38(47)49-22-17-40)25-31(42-53-34-14-8-11-21-48-34)29-23-26(12-6-9-18-44)28(13-7-10-19-45)35(36(29)39)30-24-27(15-16-32(30)52-39)51-37(46)41-5-2/h4,15-16,23-24,26,28,33-36,44-45H,1,5-14,17-22,25H2,2-3H3,(H,41,46). The van der Waals surface area contributed by atoms with Gasteiger partial charge < -0.3 is 49.0 Å². The number of carbonyl (C=O) groups is 2. The summed E-state index contributed by atoms with van der Waals surface area (Å²) in [6.45, 7) is 7.08. The van der Waals surface area contributed by atoms with E-state index in [-0.39, 0.29) is 56.5 Å². The lowest BCUT2D eigenvalue weighted by molar-refractivity contribution is -0.254. The van der Waals surface area contributed by atoms with E-state index in [0.29, 0.717) is 49.6 Å².